The molecule has 3 N–H and O–H groups in total. The number of nitrogens with one attached hydrogen (secondary N) is 2. The highest BCUT2D eigenvalue weighted by atomic mass is 32.2. The Balaban J connectivity index is 2.38. The molecule has 0 spiro atoms. The molecule has 1 aromatic carbocycles. The first-order valence-electron chi connectivity index (χ1n) is 6.45. The van der Waals surface area contributed by atoms with Crippen molar-refractivity contribution in [3.05, 3.63) is 35.9 Å². The van der Waals surface area contributed by atoms with Gasteiger partial charge in [-0.1, -0.05) is 36.3 Å². The molecule has 0 aliphatic heterocycles. The van der Waals surface area contributed by atoms with Crippen LogP contribution >= 0.6 is 11.8 Å². The Morgan fingerprint density at radius 2 is 2.05 bits per heavy atom. The summed E-state index contributed by atoms with van der Waals surface area (Å²) in [5, 5.41) is 14.2. The SMILES string of the molecule is C#CCSCCNC(=O)NC(Cc1ccccc1)C(=O)O. The fourth-order valence-electron chi connectivity index (χ4n) is 1.63. The minimum atomic E-state index is -1.06. The summed E-state index contributed by atoms with van der Waals surface area (Å²) >= 11 is 1.53. The molecule has 0 saturated heterocycles. The molecule has 0 aromatic heterocycles. The number of carboxylic acid groups (broad SMARTS) is 1. The van der Waals surface area contributed by atoms with Gasteiger partial charge in [0.1, 0.15) is 6.04 Å². The maximum absolute atomic E-state index is 11.6. The summed E-state index contributed by atoms with van der Waals surface area (Å²) in [7, 11) is 0. The molecule has 0 aliphatic carbocycles. The average molecular weight is 306 g/mol. The average Bonchev–Trinajstić information content (AvgIpc) is 2.47. The predicted octanol–water partition coefficient (Wildman–Crippen LogP) is 1.35. The molecule has 6 heteroatoms. The summed E-state index contributed by atoms with van der Waals surface area (Å²) in [5.41, 5.74) is 0.856. The number of carbonyl (C=O) groups excluding carboxylic acids is 1. The lowest BCUT2D eigenvalue weighted by Gasteiger charge is -2.15. The molecule has 21 heavy (non-hydrogen) atoms. The zero-order valence-electron chi connectivity index (χ0n) is 11.5. The normalized spacial score (nSPS) is 11.2. The van der Waals surface area contributed by atoms with Gasteiger partial charge in [0, 0.05) is 18.7 Å². The van der Waals surface area contributed by atoms with Gasteiger partial charge >= 0.3 is 12.0 Å². The molecular weight excluding hydrogens is 288 g/mol. The van der Waals surface area contributed by atoms with Gasteiger partial charge in [-0.15, -0.1) is 18.2 Å². The Morgan fingerprint density at radius 1 is 1.33 bits per heavy atom. The van der Waals surface area contributed by atoms with Crippen molar-refractivity contribution in [3.63, 3.8) is 0 Å². The van der Waals surface area contributed by atoms with Crippen LogP contribution in [0.5, 0.6) is 0 Å². The van der Waals surface area contributed by atoms with Gasteiger partial charge < -0.3 is 15.7 Å². The number of benzene rings is 1. The van der Waals surface area contributed by atoms with Crippen LogP contribution in [0.15, 0.2) is 30.3 Å². The molecule has 112 valence electrons. The van der Waals surface area contributed by atoms with E-state index in [0.29, 0.717) is 18.1 Å². The van der Waals surface area contributed by atoms with Gasteiger partial charge in [-0.05, 0) is 5.56 Å². The Hall–Kier alpha value is -2.13. The molecule has 1 unspecified atom stereocenters. The highest BCUT2D eigenvalue weighted by Gasteiger charge is 2.19. The van der Waals surface area contributed by atoms with Crippen molar-refractivity contribution in [3.8, 4) is 12.3 Å². The van der Waals surface area contributed by atoms with Gasteiger partial charge in [0.2, 0.25) is 0 Å². The van der Waals surface area contributed by atoms with Crippen LogP contribution in [0.4, 0.5) is 4.79 Å². The molecule has 0 fully saturated rings. The Kier molecular flexibility index (Phi) is 7.84. The zero-order chi connectivity index (χ0) is 15.5. The third-order valence-corrected chi connectivity index (χ3v) is 3.47. The number of terminal acetylenes is 1. The molecule has 0 radical (unpaired) electrons. The van der Waals surface area contributed by atoms with Gasteiger partial charge in [0.05, 0.1) is 5.75 Å². The van der Waals surface area contributed by atoms with Gasteiger partial charge in [-0.2, -0.15) is 0 Å². The molecule has 1 rings (SSSR count). The number of hydrogen-bond acceptors (Lipinski definition) is 3. The summed E-state index contributed by atoms with van der Waals surface area (Å²) in [6.45, 7) is 0.440. The van der Waals surface area contributed by atoms with E-state index in [0.717, 1.165) is 5.56 Å². The van der Waals surface area contributed by atoms with E-state index in [1.54, 1.807) is 0 Å². The van der Waals surface area contributed by atoms with Crippen molar-refractivity contribution in [2.24, 2.45) is 0 Å². The number of carboxylic acids is 1. The third-order valence-electron chi connectivity index (χ3n) is 2.60. The van der Waals surface area contributed by atoms with Crippen LogP contribution in [0.1, 0.15) is 5.56 Å². The lowest BCUT2D eigenvalue weighted by atomic mass is 10.1. The second-order valence-electron chi connectivity index (χ2n) is 4.24. The maximum atomic E-state index is 11.6. The minimum absolute atomic E-state index is 0.245. The van der Waals surface area contributed by atoms with Crippen LogP contribution in [0.25, 0.3) is 0 Å². The summed E-state index contributed by atoms with van der Waals surface area (Å²) in [6.07, 6.45) is 5.35. The monoisotopic (exact) mass is 306 g/mol. The standard InChI is InChI=1S/C15H18N2O3S/c1-2-9-21-10-8-16-15(20)17-13(14(18)19)11-12-6-4-3-5-7-12/h1,3-7,13H,8-11H2,(H,18,19)(H2,16,17,20). The minimum Gasteiger partial charge on any atom is -0.480 e. The van der Waals surface area contributed by atoms with Crippen molar-refractivity contribution in [1.29, 1.82) is 0 Å². The summed E-state index contributed by atoms with van der Waals surface area (Å²) in [6, 6.07) is 7.73. The van der Waals surface area contributed by atoms with Gasteiger partial charge in [-0.25, -0.2) is 9.59 Å². The van der Waals surface area contributed by atoms with Crippen molar-refractivity contribution in [1.82, 2.24) is 10.6 Å². The van der Waals surface area contributed by atoms with E-state index < -0.39 is 18.0 Å². The van der Waals surface area contributed by atoms with Crippen LogP contribution in [0, 0.1) is 12.3 Å². The fourth-order valence-corrected chi connectivity index (χ4v) is 2.14. The molecule has 0 aliphatic rings. The first-order valence-corrected chi connectivity index (χ1v) is 7.61. The molecule has 1 aromatic rings. The highest BCUT2D eigenvalue weighted by Crippen LogP contribution is 2.03. The lowest BCUT2D eigenvalue weighted by Crippen LogP contribution is -2.47. The first kappa shape index (κ1) is 16.9. The molecule has 1 atom stereocenters. The quantitative estimate of drug-likeness (QED) is 0.500. The maximum Gasteiger partial charge on any atom is 0.326 e. The van der Waals surface area contributed by atoms with Gasteiger partial charge in [0.15, 0.2) is 0 Å². The Labute approximate surface area is 128 Å². The van der Waals surface area contributed by atoms with Crippen molar-refractivity contribution in [2.75, 3.05) is 18.1 Å². The molecule has 5 nitrogen and oxygen atoms in total. The van der Waals surface area contributed by atoms with Crippen LogP contribution in [-0.2, 0) is 11.2 Å². The molecule has 0 bridgehead atoms. The molecule has 0 saturated carbocycles. The Morgan fingerprint density at radius 3 is 2.67 bits per heavy atom. The lowest BCUT2D eigenvalue weighted by molar-refractivity contribution is -0.139. The van der Waals surface area contributed by atoms with Crippen molar-refractivity contribution in [2.45, 2.75) is 12.5 Å². The van der Waals surface area contributed by atoms with E-state index in [9.17, 15) is 9.59 Å². The second kappa shape index (κ2) is 9.72. The van der Waals surface area contributed by atoms with Crippen LogP contribution in [-0.4, -0.2) is 41.2 Å². The topological polar surface area (TPSA) is 78.4 Å². The number of rotatable bonds is 8. The number of amides is 2. The number of hydrogen-bond donors (Lipinski definition) is 3. The van der Waals surface area contributed by atoms with E-state index in [-0.39, 0.29) is 6.42 Å². The first-order chi connectivity index (χ1) is 10.1. The van der Waals surface area contributed by atoms with Gasteiger partial charge in [0.25, 0.3) is 0 Å². The molecular formula is C15H18N2O3S. The Bertz CT molecular complexity index is 499. The zero-order valence-corrected chi connectivity index (χ0v) is 12.4. The summed E-state index contributed by atoms with van der Waals surface area (Å²) in [4.78, 5) is 22.8. The van der Waals surface area contributed by atoms with E-state index in [1.807, 2.05) is 30.3 Å². The van der Waals surface area contributed by atoms with E-state index in [4.69, 9.17) is 11.5 Å². The largest absolute Gasteiger partial charge is 0.480 e. The number of thioether (sulfide) groups is 1. The fraction of sp³-hybridized carbons (Fsp3) is 0.333. The third kappa shape index (κ3) is 7.28. The smallest absolute Gasteiger partial charge is 0.326 e. The van der Waals surface area contributed by atoms with E-state index >= 15 is 0 Å². The van der Waals surface area contributed by atoms with Crippen LogP contribution in [0.3, 0.4) is 0 Å². The van der Waals surface area contributed by atoms with Crippen molar-refractivity contribution >= 4 is 23.8 Å². The highest BCUT2D eigenvalue weighted by molar-refractivity contribution is 7.99. The van der Waals surface area contributed by atoms with E-state index in [2.05, 4.69) is 16.6 Å². The van der Waals surface area contributed by atoms with E-state index in [1.165, 1.54) is 11.8 Å². The molecule has 0 heterocycles. The van der Waals surface area contributed by atoms with Crippen LogP contribution in [0.2, 0.25) is 0 Å². The van der Waals surface area contributed by atoms with Crippen LogP contribution < -0.4 is 10.6 Å². The summed E-state index contributed by atoms with van der Waals surface area (Å²) in [5.74, 6) is 2.71. The number of carbonyl (C=O) groups is 2. The predicted molar refractivity (Wildman–Crippen MR) is 84.3 cm³/mol. The van der Waals surface area contributed by atoms with Gasteiger partial charge in [-0.3, -0.25) is 0 Å². The van der Waals surface area contributed by atoms with Crippen molar-refractivity contribution < 1.29 is 14.7 Å². The second-order valence-corrected chi connectivity index (χ2v) is 5.34. The summed E-state index contributed by atoms with van der Waals surface area (Å²) < 4.78 is 0. The number of aliphatic carboxylic acids is 1. The molecule has 2 amide bonds. The number of urea groups is 1.